The van der Waals surface area contributed by atoms with Crippen LogP contribution >= 0.6 is 0 Å². The van der Waals surface area contributed by atoms with Crippen LogP contribution < -0.4 is 10.6 Å². The Morgan fingerprint density at radius 3 is 2.19 bits per heavy atom. The average molecular weight is 289 g/mol. The number of carbonyl (C=O) groups excluding carboxylic acids is 1. The van der Waals surface area contributed by atoms with Gasteiger partial charge in [0.25, 0.3) is 0 Å². The van der Waals surface area contributed by atoms with E-state index in [4.69, 9.17) is 4.42 Å². The molecule has 1 aromatic heterocycles. The van der Waals surface area contributed by atoms with Gasteiger partial charge in [0.05, 0.1) is 5.69 Å². The SMILES string of the molecule is Cc1nc(NC(=O)NC23CC4CC(CC(C4)C2)C3)oc1C. The Kier molecular flexibility index (Phi) is 2.81. The van der Waals surface area contributed by atoms with Gasteiger partial charge in [-0.25, -0.2) is 4.79 Å². The summed E-state index contributed by atoms with van der Waals surface area (Å²) < 4.78 is 5.42. The molecule has 4 aliphatic carbocycles. The third-order valence-electron chi connectivity index (χ3n) is 5.67. The van der Waals surface area contributed by atoms with Crippen LogP contribution in [0.4, 0.5) is 10.8 Å². The highest BCUT2D eigenvalue weighted by atomic mass is 16.4. The Morgan fingerprint density at radius 1 is 1.14 bits per heavy atom. The summed E-state index contributed by atoms with van der Waals surface area (Å²) in [4.78, 5) is 16.5. The third-order valence-corrected chi connectivity index (χ3v) is 5.67. The summed E-state index contributed by atoms with van der Waals surface area (Å²) in [5.41, 5.74) is 0.843. The standard InChI is InChI=1S/C16H23N3O2/c1-9-10(2)21-15(17-9)18-14(20)19-16-6-11-3-12(7-16)5-13(4-11)8-16/h11-13H,3-8H2,1-2H3,(H2,17,18,19,20). The molecule has 4 saturated carbocycles. The van der Waals surface area contributed by atoms with Crippen LogP contribution in [0, 0.1) is 31.6 Å². The highest BCUT2D eigenvalue weighted by molar-refractivity contribution is 5.87. The summed E-state index contributed by atoms with van der Waals surface area (Å²) in [6, 6.07) is 0.130. The molecule has 4 bridgehead atoms. The third kappa shape index (κ3) is 2.32. The maximum absolute atomic E-state index is 12.3. The zero-order valence-electron chi connectivity index (χ0n) is 12.7. The second kappa shape index (κ2) is 4.49. The molecule has 0 radical (unpaired) electrons. The van der Waals surface area contributed by atoms with Crippen molar-refractivity contribution in [2.75, 3.05) is 5.32 Å². The van der Waals surface area contributed by atoms with Gasteiger partial charge >= 0.3 is 12.0 Å². The Bertz CT molecular complexity index is 523. The van der Waals surface area contributed by atoms with E-state index in [9.17, 15) is 4.79 Å². The summed E-state index contributed by atoms with van der Waals surface area (Å²) in [5, 5.41) is 6.00. The lowest BCUT2D eigenvalue weighted by Crippen LogP contribution is -2.60. The van der Waals surface area contributed by atoms with Gasteiger partial charge < -0.3 is 9.73 Å². The van der Waals surface area contributed by atoms with Crippen molar-refractivity contribution in [1.29, 1.82) is 0 Å². The van der Waals surface area contributed by atoms with Crippen molar-refractivity contribution in [2.24, 2.45) is 17.8 Å². The first kappa shape index (κ1) is 13.2. The van der Waals surface area contributed by atoms with Crippen LogP contribution in [0.3, 0.4) is 0 Å². The molecule has 5 rings (SSSR count). The summed E-state index contributed by atoms with van der Waals surface area (Å²) in [7, 11) is 0. The first-order valence-electron chi connectivity index (χ1n) is 8.04. The number of carbonyl (C=O) groups is 1. The molecule has 1 aromatic rings. The van der Waals surface area contributed by atoms with Crippen molar-refractivity contribution in [3.63, 3.8) is 0 Å². The van der Waals surface area contributed by atoms with Crippen LogP contribution in [0.15, 0.2) is 4.42 Å². The molecule has 5 nitrogen and oxygen atoms in total. The van der Waals surface area contributed by atoms with E-state index in [1.54, 1.807) is 0 Å². The highest BCUT2D eigenvalue weighted by Crippen LogP contribution is 2.55. The molecule has 0 atom stereocenters. The van der Waals surface area contributed by atoms with Gasteiger partial charge in [-0.05, 0) is 70.1 Å². The van der Waals surface area contributed by atoms with E-state index in [-0.39, 0.29) is 11.6 Å². The van der Waals surface area contributed by atoms with Gasteiger partial charge in [-0.15, -0.1) is 0 Å². The molecular formula is C16H23N3O2. The van der Waals surface area contributed by atoms with Gasteiger partial charge in [0.2, 0.25) is 0 Å². The van der Waals surface area contributed by atoms with Gasteiger partial charge in [-0.3, -0.25) is 5.32 Å². The number of urea groups is 1. The number of hydrogen-bond donors (Lipinski definition) is 2. The van der Waals surface area contributed by atoms with Crippen LogP contribution in [-0.4, -0.2) is 16.6 Å². The van der Waals surface area contributed by atoms with Crippen LogP contribution in [0.2, 0.25) is 0 Å². The van der Waals surface area contributed by atoms with Crippen LogP contribution in [0.25, 0.3) is 0 Å². The molecule has 0 spiro atoms. The molecule has 0 aliphatic heterocycles. The number of nitrogens with one attached hydrogen (secondary N) is 2. The van der Waals surface area contributed by atoms with E-state index < -0.39 is 0 Å². The fraction of sp³-hybridized carbons (Fsp3) is 0.750. The zero-order valence-corrected chi connectivity index (χ0v) is 12.7. The largest absolute Gasteiger partial charge is 0.428 e. The molecule has 4 aliphatic rings. The maximum Gasteiger partial charge on any atom is 0.323 e. The van der Waals surface area contributed by atoms with Crippen molar-refractivity contribution >= 4 is 12.0 Å². The summed E-state index contributed by atoms with van der Waals surface area (Å²) in [6.45, 7) is 3.73. The van der Waals surface area contributed by atoms with Crippen LogP contribution in [-0.2, 0) is 0 Å². The average Bonchev–Trinajstić information content (AvgIpc) is 2.64. The van der Waals surface area contributed by atoms with Gasteiger partial charge in [-0.1, -0.05) is 0 Å². The molecule has 0 unspecified atom stereocenters. The van der Waals surface area contributed by atoms with Crippen LogP contribution in [0.1, 0.15) is 50.0 Å². The Hall–Kier alpha value is -1.52. The van der Waals surface area contributed by atoms with Gasteiger partial charge in [0, 0.05) is 5.54 Å². The van der Waals surface area contributed by atoms with Crippen molar-refractivity contribution in [2.45, 2.75) is 57.9 Å². The first-order valence-corrected chi connectivity index (χ1v) is 8.04. The summed E-state index contributed by atoms with van der Waals surface area (Å²) >= 11 is 0. The van der Waals surface area contributed by atoms with Crippen molar-refractivity contribution in [3.8, 4) is 0 Å². The smallest absolute Gasteiger partial charge is 0.323 e. The Balaban J connectivity index is 1.44. The van der Waals surface area contributed by atoms with Crippen molar-refractivity contribution in [3.05, 3.63) is 11.5 Å². The Labute approximate surface area is 124 Å². The summed E-state index contributed by atoms with van der Waals surface area (Å²) in [6.07, 6.45) is 7.57. The number of rotatable bonds is 2. The van der Waals surface area contributed by atoms with Gasteiger partial charge in [0.15, 0.2) is 0 Å². The second-order valence-electron chi connectivity index (χ2n) is 7.44. The minimum Gasteiger partial charge on any atom is -0.428 e. The number of amides is 2. The fourth-order valence-electron chi connectivity index (χ4n) is 5.16. The minimum atomic E-state index is -0.168. The molecule has 0 aromatic carbocycles. The number of aromatic nitrogens is 1. The van der Waals surface area contributed by atoms with Crippen molar-refractivity contribution in [1.82, 2.24) is 10.3 Å². The number of oxazole rings is 1. The zero-order chi connectivity index (χ0) is 14.6. The van der Waals surface area contributed by atoms with Crippen LogP contribution in [0.5, 0.6) is 0 Å². The van der Waals surface area contributed by atoms with Crippen molar-refractivity contribution < 1.29 is 9.21 Å². The Morgan fingerprint density at radius 2 is 1.71 bits per heavy atom. The normalized spacial score (nSPS) is 36.8. The fourth-order valence-corrected chi connectivity index (χ4v) is 5.16. The molecule has 2 N–H and O–H groups in total. The maximum atomic E-state index is 12.3. The predicted octanol–water partition coefficient (Wildman–Crippen LogP) is 3.38. The first-order chi connectivity index (χ1) is 10.0. The predicted molar refractivity (Wildman–Crippen MR) is 79.0 cm³/mol. The summed E-state index contributed by atoms with van der Waals surface area (Å²) in [5.74, 6) is 3.22. The second-order valence-corrected chi connectivity index (χ2v) is 7.44. The van der Waals surface area contributed by atoms with E-state index >= 15 is 0 Å². The minimum absolute atomic E-state index is 0.0233. The lowest BCUT2D eigenvalue weighted by atomic mass is 9.53. The number of nitrogens with zero attached hydrogens (tertiary/aromatic N) is 1. The topological polar surface area (TPSA) is 67.2 Å². The molecule has 5 heteroatoms. The molecular weight excluding hydrogens is 266 g/mol. The van der Waals surface area contributed by atoms with E-state index in [1.165, 1.54) is 19.3 Å². The lowest BCUT2D eigenvalue weighted by Gasteiger charge is -2.56. The van der Waals surface area contributed by atoms with E-state index in [1.807, 2.05) is 13.8 Å². The molecule has 21 heavy (non-hydrogen) atoms. The van der Waals surface area contributed by atoms with E-state index in [0.717, 1.165) is 48.5 Å². The van der Waals surface area contributed by atoms with E-state index in [0.29, 0.717) is 6.01 Å². The molecule has 0 saturated heterocycles. The van der Waals surface area contributed by atoms with E-state index in [2.05, 4.69) is 15.6 Å². The number of hydrogen-bond acceptors (Lipinski definition) is 3. The molecule has 2 amide bonds. The quantitative estimate of drug-likeness (QED) is 0.877. The monoisotopic (exact) mass is 289 g/mol. The highest BCUT2D eigenvalue weighted by Gasteiger charge is 2.51. The lowest BCUT2D eigenvalue weighted by molar-refractivity contribution is -0.0127. The number of anilines is 1. The van der Waals surface area contributed by atoms with Gasteiger partial charge in [0.1, 0.15) is 5.76 Å². The van der Waals surface area contributed by atoms with Gasteiger partial charge in [-0.2, -0.15) is 4.98 Å². The molecule has 114 valence electrons. The molecule has 1 heterocycles. The molecule has 4 fully saturated rings. The number of aryl methyl sites for hydroxylation is 2.